The number of thioether (sulfide) groups is 1. The van der Waals surface area contributed by atoms with E-state index in [9.17, 15) is 24.6 Å². The number of nitrogens with one attached hydrogen (secondary N) is 1. The smallest absolute Gasteiger partial charge is 1.00 e. The van der Waals surface area contributed by atoms with Crippen molar-refractivity contribution in [2.24, 2.45) is 5.92 Å². The molecule has 3 atom stereocenters. The molecule has 3 N–H and O–H groups in total. The molecule has 13 heteroatoms. The largest absolute Gasteiger partial charge is 1.00 e. The molecule has 2 saturated heterocycles. The number of aliphatic carboxylic acids is 1. The van der Waals surface area contributed by atoms with Gasteiger partial charge >= 0.3 is 41.6 Å². The zero-order valence-electron chi connectivity index (χ0n) is 18.9. The van der Waals surface area contributed by atoms with Gasteiger partial charge in [-0.2, -0.15) is 0 Å². The number of hydrogen-bond acceptors (Lipinski definition) is 8. The number of carbonyl (C=O) groups is 3. The van der Waals surface area contributed by atoms with Gasteiger partial charge in [0.05, 0.1) is 6.04 Å². The first kappa shape index (κ1) is 24.0. The number of amides is 3. The maximum Gasteiger partial charge on any atom is 1.00 e. The average molecular weight is 498 g/mol. The number of likely N-dealkylation sites (tertiary alicyclic amines) is 1. The number of carbonyl (C=O) groups excluding carboxylic acids is 2. The molecule has 2 fully saturated rings. The number of nitrogens with zero attached hydrogens (tertiary/aromatic N) is 4. The van der Waals surface area contributed by atoms with Gasteiger partial charge in [0.25, 0.3) is 5.91 Å². The summed E-state index contributed by atoms with van der Waals surface area (Å²) in [5.41, 5.74) is 1.20. The Morgan fingerprint density at radius 2 is 2.03 bits per heavy atom. The van der Waals surface area contributed by atoms with Crippen LogP contribution in [-0.2, 0) is 9.59 Å². The van der Waals surface area contributed by atoms with Crippen LogP contribution in [0.15, 0.2) is 39.9 Å². The van der Waals surface area contributed by atoms with Gasteiger partial charge in [0.15, 0.2) is 4.34 Å². The molecular weight excluding hydrogens is 477 g/mol. The minimum atomic E-state index is -1.13. The van der Waals surface area contributed by atoms with Gasteiger partial charge < -0.3 is 21.9 Å². The van der Waals surface area contributed by atoms with Gasteiger partial charge in [-0.25, -0.2) is 9.59 Å². The van der Waals surface area contributed by atoms with Gasteiger partial charge in [-0.1, -0.05) is 23.1 Å². The number of hydrogen-bond donors (Lipinski definition) is 3. The Morgan fingerprint density at radius 1 is 1.30 bits per heavy atom. The van der Waals surface area contributed by atoms with Gasteiger partial charge in [0, 0.05) is 23.9 Å². The van der Waals surface area contributed by atoms with Crippen LogP contribution < -0.4 is 34.9 Å². The number of rotatable bonds is 5. The second-order valence-corrected chi connectivity index (χ2v) is 10.3. The molecule has 3 aliphatic rings. The fraction of sp³-hybridized carbons (Fsp3) is 0.350. The number of β-lactam (4-membered cyclic amide) rings is 1. The van der Waals surface area contributed by atoms with Crippen molar-refractivity contribution in [3.8, 4) is 5.75 Å². The molecule has 0 unspecified atom stereocenters. The van der Waals surface area contributed by atoms with E-state index in [4.69, 9.17) is 0 Å². The summed E-state index contributed by atoms with van der Waals surface area (Å²) in [6.07, 6.45) is 0.500. The Morgan fingerprint density at radius 3 is 2.67 bits per heavy atom. The Balaban J connectivity index is 0.00000162. The summed E-state index contributed by atoms with van der Waals surface area (Å²) >= 11 is 2.84. The van der Waals surface area contributed by atoms with Crippen LogP contribution in [0, 0.1) is 12.8 Å². The number of phenolic OH excluding ortho intramolecular Hbond substituents is 1. The molecule has 0 bridgehead atoms. The van der Waals surface area contributed by atoms with Crippen LogP contribution in [0.4, 0.5) is 10.5 Å². The van der Waals surface area contributed by atoms with Crippen LogP contribution in [0.5, 0.6) is 5.75 Å². The Labute approximate surface area is 220 Å². The molecule has 0 aliphatic carbocycles. The second kappa shape index (κ2) is 9.26. The first-order valence-electron chi connectivity index (χ1n) is 9.91. The molecule has 5 rings (SSSR count). The summed E-state index contributed by atoms with van der Waals surface area (Å²) in [5.74, 6) is -1.05. The zero-order valence-corrected chi connectivity index (χ0v) is 21.5. The van der Waals surface area contributed by atoms with Crippen molar-refractivity contribution in [1.82, 2.24) is 20.0 Å². The normalized spacial score (nSPS) is 23.1. The third-order valence-electron chi connectivity index (χ3n) is 5.91. The molecule has 0 radical (unpaired) electrons. The molecule has 168 valence electrons. The molecule has 0 spiro atoms. The van der Waals surface area contributed by atoms with Crippen molar-refractivity contribution in [1.29, 1.82) is 0 Å². The van der Waals surface area contributed by atoms with Gasteiger partial charge in [-0.15, -0.1) is 10.2 Å². The van der Waals surface area contributed by atoms with Crippen molar-refractivity contribution in [3.05, 3.63) is 40.5 Å². The Kier molecular flexibility index (Phi) is 6.74. The number of aromatic nitrogens is 2. The minimum Gasteiger partial charge on any atom is -1.00 e. The SMILES string of the molecule is Cc1nnc(SCC2=C(C(=O)O)N3C(=O)[C@@H]4[C@H]3[C@H](C2)CN4C(=O)Nc2ccc(O)cc2)s1.[H-].[Na+]. The molecule has 0 saturated carbocycles. The Bertz CT molecular complexity index is 1160. The van der Waals surface area contributed by atoms with Crippen LogP contribution >= 0.6 is 23.1 Å². The van der Waals surface area contributed by atoms with E-state index in [0.29, 0.717) is 30.0 Å². The topological polar surface area (TPSA) is 136 Å². The van der Waals surface area contributed by atoms with E-state index in [1.54, 1.807) is 12.1 Å². The van der Waals surface area contributed by atoms with Gasteiger partial charge in [-0.05, 0) is 43.2 Å². The maximum atomic E-state index is 13.0. The fourth-order valence-electron chi connectivity index (χ4n) is 4.60. The summed E-state index contributed by atoms with van der Waals surface area (Å²) in [6, 6.07) is 4.66. The molecule has 1 aromatic carbocycles. The molecule has 2 aromatic rings. The van der Waals surface area contributed by atoms with E-state index in [1.807, 2.05) is 6.92 Å². The number of carboxylic acid groups (broad SMARTS) is 1. The maximum absolute atomic E-state index is 13.0. The van der Waals surface area contributed by atoms with Crippen molar-refractivity contribution in [3.63, 3.8) is 0 Å². The average Bonchev–Trinajstić information content (AvgIpc) is 3.34. The molecule has 10 nitrogen and oxygen atoms in total. The van der Waals surface area contributed by atoms with E-state index < -0.39 is 18.0 Å². The van der Waals surface area contributed by atoms with E-state index in [2.05, 4.69) is 15.5 Å². The quantitative estimate of drug-likeness (QED) is 0.212. The standard InChI is InChI=1S/C20H19N5O5S2.Na.H/c1-9-22-23-20(32-9)31-8-11-6-10-7-24(19(30)21-12-2-4-13(26)5-3-12)16-14(10)25(17(16)27)15(11)18(28)29;;/h2-5,10,14,16,26H,6-8H2,1H3,(H,21,30)(H,28,29);;/q;+1;-1/t10-,14-,16+;;/m1../s1. The van der Waals surface area contributed by atoms with Crippen LogP contribution in [0.3, 0.4) is 0 Å². The number of urea groups is 1. The Hall–Kier alpha value is -2.12. The van der Waals surface area contributed by atoms with E-state index >= 15 is 0 Å². The van der Waals surface area contributed by atoms with Crippen molar-refractivity contribution >= 4 is 46.7 Å². The molecule has 3 aliphatic heterocycles. The molecular formula is C20H20N5NaO5S2. The summed E-state index contributed by atoms with van der Waals surface area (Å²) in [4.78, 5) is 40.7. The number of anilines is 1. The van der Waals surface area contributed by atoms with E-state index in [0.717, 1.165) is 9.35 Å². The van der Waals surface area contributed by atoms with Crippen molar-refractivity contribution < 1.29 is 55.6 Å². The molecule has 3 amide bonds. The van der Waals surface area contributed by atoms with Crippen LogP contribution in [-0.4, -0.2) is 72.5 Å². The second-order valence-electron chi connectivity index (χ2n) is 7.87. The number of phenols is 1. The third kappa shape index (κ3) is 4.26. The van der Waals surface area contributed by atoms with Gasteiger partial charge in [0.1, 0.15) is 22.5 Å². The van der Waals surface area contributed by atoms with E-state index in [-0.39, 0.29) is 60.3 Å². The van der Waals surface area contributed by atoms with Crippen molar-refractivity contribution in [2.75, 3.05) is 17.6 Å². The van der Waals surface area contributed by atoms with Crippen LogP contribution in [0.2, 0.25) is 0 Å². The summed E-state index contributed by atoms with van der Waals surface area (Å²) in [5, 5.41) is 30.9. The summed E-state index contributed by atoms with van der Waals surface area (Å²) in [7, 11) is 0. The summed E-state index contributed by atoms with van der Waals surface area (Å²) < 4.78 is 0.746. The molecule has 1 aromatic heterocycles. The summed E-state index contributed by atoms with van der Waals surface area (Å²) in [6.45, 7) is 2.21. The van der Waals surface area contributed by atoms with Gasteiger partial charge in [-0.3, -0.25) is 9.69 Å². The molecule has 4 heterocycles. The third-order valence-corrected chi connectivity index (χ3v) is 7.96. The zero-order chi connectivity index (χ0) is 22.6. The fourth-order valence-corrected chi connectivity index (χ4v) is 6.44. The van der Waals surface area contributed by atoms with Crippen LogP contribution in [0.1, 0.15) is 12.9 Å². The van der Waals surface area contributed by atoms with Crippen LogP contribution in [0.25, 0.3) is 0 Å². The van der Waals surface area contributed by atoms with Crippen molar-refractivity contribution in [2.45, 2.75) is 29.8 Å². The predicted molar refractivity (Wildman–Crippen MR) is 118 cm³/mol. The first-order chi connectivity index (χ1) is 15.3. The molecule has 33 heavy (non-hydrogen) atoms. The number of aromatic hydroxyl groups is 1. The first-order valence-corrected chi connectivity index (χ1v) is 11.7. The van der Waals surface area contributed by atoms with E-state index in [1.165, 1.54) is 45.0 Å². The monoisotopic (exact) mass is 497 g/mol. The number of carboxylic acids is 1. The number of benzene rings is 1. The van der Waals surface area contributed by atoms with Gasteiger partial charge in [0.2, 0.25) is 0 Å². The predicted octanol–water partition coefficient (Wildman–Crippen LogP) is -0.754. The minimum absolute atomic E-state index is 0. The number of aryl methyl sites for hydroxylation is 1.